The zero-order chi connectivity index (χ0) is 38.5. The summed E-state index contributed by atoms with van der Waals surface area (Å²) in [5.41, 5.74) is 1.23. The maximum Gasteiger partial charge on any atom is 0.255 e. The number of ether oxygens (including phenoxy) is 4. The fraction of sp³-hybridized carbons (Fsp3) is 0.421. The Kier molecular flexibility index (Phi) is 14.0. The fourth-order valence-corrected chi connectivity index (χ4v) is 5.92. The van der Waals surface area contributed by atoms with E-state index in [4.69, 9.17) is 18.9 Å². The lowest BCUT2D eigenvalue weighted by Crippen LogP contribution is -2.54. The van der Waals surface area contributed by atoms with Crippen molar-refractivity contribution in [3.8, 4) is 17.2 Å². The molecule has 288 valence electrons. The quantitative estimate of drug-likeness (QED) is 0.263. The van der Waals surface area contributed by atoms with Crippen LogP contribution in [-0.2, 0) is 25.5 Å². The number of amides is 5. The Morgan fingerprint density at radius 3 is 2.26 bits per heavy atom. The second-order valence-corrected chi connectivity index (χ2v) is 12.7. The van der Waals surface area contributed by atoms with Gasteiger partial charge in [0.1, 0.15) is 17.9 Å². The number of pyridine rings is 1. The highest BCUT2D eigenvalue weighted by molar-refractivity contribution is 5.99. The summed E-state index contributed by atoms with van der Waals surface area (Å²) >= 11 is 0. The molecule has 54 heavy (non-hydrogen) atoms. The highest BCUT2D eigenvalue weighted by atomic mass is 16.5. The summed E-state index contributed by atoms with van der Waals surface area (Å²) in [4.78, 5) is 75.2. The highest BCUT2D eigenvalue weighted by Crippen LogP contribution is 2.38. The van der Waals surface area contributed by atoms with Gasteiger partial charge in [0.15, 0.2) is 11.5 Å². The first-order valence-corrected chi connectivity index (χ1v) is 17.8. The maximum atomic E-state index is 13.8. The van der Waals surface area contributed by atoms with Gasteiger partial charge in [-0.15, -0.1) is 0 Å². The number of rotatable bonds is 6. The molecule has 6 rings (SSSR count). The van der Waals surface area contributed by atoms with E-state index in [1.807, 2.05) is 30.3 Å². The summed E-state index contributed by atoms with van der Waals surface area (Å²) < 4.78 is 22.4. The molecular formula is C38H47N7O9. The van der Waals surface area contributed by atoms with E-state index in [1.165, 1.54) is 44.4 Å². The number of benzene rings is 2. The van der Waals surface area contributed by atoms with Gasteiger partial charge in [0, 0.05) is 50.9 Å². The molecule has 1 aromatic heterocycles. The molecule has 0 saturated carbocycles. The summed E-state index contributed by atoms with van der Waals surface area (Å²) in [6.45, 7) is 4.13. The molecule has 2 atom stereocenters. The third-order valence-electron chi connectivity index (χ3n) is 8.90. The second-order valence-electron chi connectivity index (χ2n) is 12.7. The van der Waals surface area contributed by atoms with Crippen LogP contribution in [0.3, 0.4) is 0 Å². The van der Waals surface area contributed by atoms with Gasteiger partial charge in [0.2, 0.25) is 23.5 Å². The molecule has 16 heteroatoms. The van der Waals surface area contributed by atoms with Crippen LogP contribution in [0.25, 0.3) is 0 Å². The zero-order valence-corrected chi connectivity index (χ0v) is 30.7. The number of carbonyl (C=O) groups is 5. The molecule has 0 unspecified atom stereocenters. The van der Waals surface area contributed by atoms with Gasteiger partial charge in [0.05, 0.1) is 46.1 Å². The molecule has 2 bridgehead atoms. The van der Waals surface area contributed by atoms with Crippen LogP contribution in [0.2, 0.25) is 0 Å². The molecule has 4 N–H and O–H groups in total. The van der Waals surface area contributed by atoms with Crippen LogP contribution in [-0.4, -0.2) is 125 Å². The number of hydrogen-bond acceptors (Lipinski definition) is 11. The van der Waals surface area contributed by atoms with Gasteiger partial charge in [-0.2, -0.15) is 0 Å². The van der Waals surface area contributed by atoms with Gasteiger partial charge in [0.25, 0.3) is 11.8 Å². The van der Waals surface area contributed by atoms with Crippen molar-refractivity contribution in [2.45, 2.75) is 31.8 Å². The molecular weight excluding hydrogens is 698 g/mol. The maximum absolute atomic E-state index is 13.8. The monoisotopic (exact) mass is 745 g/mol. The van der Waals surface area contributed by atoms with E-state index in [0.717, 1.165) is 5.56 Å². The fourth-order valence-electron chi connectivity index (χ4n) is 5.92. The van der Waals surface area contributed by atoms with Crippen molar-refractivity contribution < 1.29 is 42.9 Å². The number of aromatic nitrogens is 1. The Labute approximate surface area is 313 Å². The van der Waals surface area contributed by atoms with Gasteiger partial charge in [-0.3, -0.25) is 24.0 Å². The first kappa shape index (κ1) is 39.3. The molecule has 3 aliphatic heterocycles. The van der Waals surface area contributed by atoms with Crippen molar-refractivity contribution in [2.24, 2.45) is 0 Å². The lowest BCUT2D eigenvalue weighted by atomic mass is 10.0. The van der Waals surface area contributed by atoms with Crippen LogP contribution in [0.15, 0.2) is 60.8 Å². The van der Waals surface area contributed by atoms with Crippen LogP contribution >= 0.6 is 0 Å². The topological polar surface area (TPSA) is 190 Å². The van der Waals surface area contributed by atoms with Crippen molar-refractivity contribution in [2.75, 3.05) is 78.2 Å². The van der Waals surface area contributed by atoms with Crippen LogP contribution in [0.4, 0.5) is 5.82 Å². The number of methoxy groups -OCH3 is 2. The van der Waals surface area contributed by atoms with Crippen molar-refractivity contribution in [3.63, 3.8) is 0 Å². The Bertz CT molecular complexity index is 1740. The van der Waals surface area contributed by atoms with Crippen LogP contribution < -0.4 is 40.4 Å². The lowest BCUT2D eigenvalue weighted by Gasteiger charge is -2.28. The van der Waals surface area contributed by atoms with Crippen molar-refractivity contribution >= 4 is 35.4 Å². The first-order chi connectivity index (χ1) is 26.2. The summed E-state index contributed by atoms with van der Waals surface area (Å²) in [5, 5.41) is 11.1. The van der Waals surface area contributed by atoms with Crippen molar-refractivity contribution in [1.82, 2.24) is 31.2 Å². The Morgan fingerprint density at radius 2 is 1.59 bits per heavy atom. The minimum atomic E-state index is -1.04. The molecule has 0 radical (unpaired) electrons. The molecule has 16 nitrogen and oxygen atoms in total. The molecule has 5 amide bonds. The average molecular weight is 746 g/mol. The number of anilines is 1. The third-order valence-corrected chi connectivity index (χ3v) is 8.90. The summed E-state index contributed by atoms with van der Waals surface area (Å²) in [7, 11) is 2.84. The van der Waals surface area contributed by atoms with E-state index in [1.54, 1.807) is 12.1 Å². The van der Waals surface area contributed by atoms with E-state index in [9.17, 15) is 24.0 Å². The van der Waals surface area contributed by atoms with E-state index >= 15 is 0 Å². The second kappa shape index (κ2) is 19.3. The van der Waals surface area contributed by atoms with Gasteiger partial charge < -0.3 is 50.0 Å². The third kappa shape index (κ3) is 10.6. The largest absolute Gasteiger partial charge is 0.493 e. The number of carbonyl (C=O) groups excluding carboxylic acids is 5. The number of fused-ring (bicyclic) bond motifs is 19. The van der Waals surface area contributed by atoms with Crippen LogP contribution in [0.1, 0.15) is 39.6 Å². The standard InChI is InChI=1S/C38H47N7O9/c1-25-35(47)43-29(20-26-8-5-4-6-9-26)37(49)40-13-14-45(38(50)27-10-11-32(41-23-27)44-15-18-53-19-16-44)24-33(46)39-12-7-17-54-34-30(51-2)21-28(36(48)42-25)22-31(34)52-3/h4-6,8-11,21-23,25,29H,7,12-20,24H2,1-3H3,(H,39,46)(H,40,49)(H,42,48)(H,43,47)/t25-,29+/m0/s1. The minimum absolute atomic E-state index is 0.0139. The normalized spacial score (nSPS) is 19.5. The van der Waals surface area contributed by atoms with E-state index in [-0.39, 0.29) is 67.6 Å². The van der Waals surface area contributed by atoms with E-state index < -0.39 is 41.6 Å². The predicted molar refractivity (Wildman–Crippen MR) is 198 cm³/mol. The van der Waals surface area contributed by atoms with E-state index in [0.29, 0.717) is 38.5 Å². The number of hydrogen-bond donors (Lipinski definition) is 4. The summed E-state index contributed by atoms with van der Waals surface area (Å²) in [6, 6.07) is 13.4. The van der Waals surface area contributed by atoms with Crippen LogP contribution in [0.5, 0.6) is 17.2 Å². The molecule has 2 aromatic carbocycles. The summed E-state index contributed by atoms with van der Waals surface area (Å²) in [5.74, 6) is -1.11. The van der Waals surface area contributed by atoms with Gasteiger partial charge >= 0.3 is 0 Å². The Balaban J connectivity index is 1.38. The Hall–Kier alpha value is -5.90. The van der Waals surface area contributed by atoms with Crippen molar-refractivity contribution in [1.29, 1.82) is 0 Å². The molecule has 1 saturated heterocycles. The lowest BCUT2D eigenvalue weighted by molar-refractivity contribution is -0.129. The molecule has 4 heterocycles. The van der Waals surface area contributed by atoms with Gasteiger partial charge in [-0.1, -0.05) is 30.3 Å². The predicted octanol–water partition coefficient (Wildman–Crippen LogP) is 0.939. The minimum Gasteiger partial charge on any atom is -0.493 e. The molecule has 3 aromatic rings. The number of morpholine rings is 1. The highest BCUT2D eigenvalue weighted by Gasteiger charge is 2.27. The van der Waals surface area contributed by atoms with E-state index in [2.05, 4.69) is 31.2 Å². The SMILES string of the molecule is COc1cc2cc(OC)c1OCCCNC(=O)CN(C(=O)c1ccc(N3CCOCC3)nc1)CCNC(=O)[C@@H](Cc1ccccc1)NC(=O)[C@H](C)NC2=O. The van der Waals surface area contributed by atoms with Gasteiger partial charge in [-0.25, -0.2) is 4.98 Å². The van der Waals surface area contributed by atoms with Crippen LogP contribution in [0, 0.1) is 0 Å². The molecule has 1 fully saturated rings. The average Bonchev–Trinajstić information content (AvgIpc) is 3.19. The molecule has 0 spiro atoms. The van der Waals surface area contributed by atoms with Gasteiger partial charge in [-0.05, 0) is 43.2 Å². The number of nitrogens with zero attached hydrogens (tertiary/aromatic N) is 3. The van der Waals surface area contributed by atoms with Crippen molar-refractivity contribution in [3.05, 3.63) is 77.5 Å². The number of nitrogens with one attached hydrogen (secondary N) is 4. The molecule has 0 aliphatic carbocycles. The Morgan fingerprint density at radius 1 is 0.870 bits per heavy atom. The molecule has 3 aliphatic rings. The zero-order valence-electron chi connectivity index (χ0n) is 30.7. The first-order valence-electron chi connectivity index (χ1n) is 17.8. The summed E-state index contributed by atoms with van der Waals surface area (Å²) in [6.07, 6.45) is 2.02. The smallest absolute Gasteiger partial charge is 0.255 e.